The van der Waals surface area contributed by atoms with E-state index in [2.05, 4.69) is 11.2 Å². The lowest BCUT2D eigenvalue weighted by atomic mass is 9.85. The summed E-state index contributed by atoms with van der Waals surface area (Å²) in [6, 6.07) is 13.2. The fourth-order valence-corrected chi connectivity index (χ4v) is 4.91. The Labute approximate surface area is 188 Å². The number of nitriles is 1. The molecule has 4 unspecified atom stereocenters. The monoisotopic (exact) mass is 442 g/mol. The van der Waals surface area contributed by atoms with Gasteiger partial charge in [0, 0.05) is 17.2 Å². The van der Waals surface area contributed by atoms with Crippen molar-refractivity contribution in [2.75, 3.05) is 0 Å². The van der Waals surface area contributed by atoms with Gasteiger partial charge in [-0.25, -0.2) is 0 Å². The summed E-state index contributed by atoms with van der Waals surface area (Å²) in [4.78, 5) is 36.4. The molecule has 1 saturated heterocycles. The van der Waals surface area contributed by atoms with Crippen molar-refractivity contribution in [3.8, 4) is 11.8 Å². The van der Waals surface area contributed by atoms with Crippen molar-refractivity contribution >= 4 is 23.7 Å². The first-order valence-corrected chi connectivity index (χ1v) is 10.5. The van der Waals surface area contributed by atoms with Gasteiger partial charge in [-0.1, -0.05) is 30.4 Å². The summed E-state index contributed by atoms with van der Waals surface area (Å²) in [7, 11) is 0. The Morgan fingerprint density at radius 3 is 2.52 bits per heavy atom. The summed E-state index contributed by atoms with van der Waals surface area (Å²) >= 11 is 0. The van der Waals surface area contributed by atoms with Gasteiger partial charge in [-0.2, -0.15) is 15.4 Å². The van der Waals surface area contributed by atoms with Gasteiger partial charge in [-0.3, -0.25) is 19.7 Å². The van der Waals surface area contributed by atoms with E-state index in [0.29, 0.717) is 16.7 Å². The van der Waals surface area contributed by atoms with E-state index >= 15 is 0 Å². The average Bonchev–Trinajstić information content (AvgIpc) is 3.51. The van der Waals surface area contributed by atoms with Crippen LogP contribution in [-0.2, 0) is 16.2 Å². The predicted octanol–water partition coefficient (Wildman–Crippen LogP) is 3.19. The summed E-state index contributed by atoms with van der Waals surface area (Å²) in [5, 5.41) is 25.7. The first-order valence-electron chi connectivity index (χ1n) is 10.5. The van der Waals surface area contributed by atoms with Crippen LogP contribution in [0.3, 0.4) is 0 Å². The minimum Gasteiger partial charge on any atom is -0.482 e. The number of allylic oxidation sites excluding steroid dienone is 2. The molecule has 2 aromatic rings. The Morgan fingerprint density at radius 2 is 1.85 bits per heavy atom. The Hall–Kier alpha value is -4.32. The minimum atomic E-state index is -0.581. The molecular weight excluding hydrogens is 424 g/mol. The molecule has 9 heteroatoms. The van der Waals surface area contributed by atoms with Crippen LogP contribution in [0.2, 0.25) is 0 Å². The van der Waals surface area contributed by atoms with E-state index in [1.165, 1.54) is 18.3 Å². The number of nitrogens with zero attached hydrogens (tertiary/aromatic N) is 4. The van der Waals surface area contributed by atoms with Gasteiger partial charge in [0.15, 0.2) is 5.75 Å². The first kappa shape index (κ1) is 20.6. The van der Waals surface area contributed by atoms with Gasteiger partial charge in [0.25, 0.3) is 11.8 Å². The molecule has 2 bridgehead atoms. The maximum absolute atomic E-state index is 12.7. The Bertz CT molecular complexity index is 1250. The normalized spacial score (nSPS) is 25.0. The molecule has 2 aliphatic carbocycles. The van der Waals surface area contributed by atoms with Crippen LogP contribution in [-0.4, -0.2) is 28.0 Å². The zero-order valence-corrected chi connectivity index (χ0v) is 17.3. The van der Waals surface area contributed by atoms with E-state index in [4.69, 9.17) is 4.74 Å². The summed E-state index contributed by atoms with van der Waals surface area (Å²) in [6.07, 6.45) is 6.10. The predicted molar refractivity (Wildman–Crippen MR) is 116 cm³/mol. The molecule has 33 heavy (non-hydrogen) atoms. The number of hydrogen-bond acceptors (Lipinski definition) is 7. The number of rotatable bonds is 6. The van der Waals surface area contributed by atoms with Gasteiger partial charge in [0.1, 0.15) is 6.61 Å². The Balaban J connectivity index is 1.34. The highest BCUT2D eigenvalue weighted by molar-refractivity contribution is 6.06. The van der Waals surface area contributed by atoms with Crippen molar-refractivity contribution < 1.29 is 19.2 Å². The van der Waals surface area contributed by atoms with E-state index in [9.17, 15) is 25.0 Å². The summed E-state index contributed by atoms with van der Waals surface area (Å²) in [5.74, 6) is -1.14. The molecule has 4 atom stereocenters. The molecule has 2 fully saturated rings. The van der Waals surface area contributed by atoms with Crippen LogP contribution in [0, 0.1) is 45.1 Å². The van der Waals surface area contributed by atoms with E-state index in [1.807, 2.05) is 12.2 Å². The lowest BCUT2D eigenvalue weighted by molar-refractivity contribution is -0.385. The number of imide groups is 1. The fourth-order valence-electron chi connectivity index (χ4n) is 4.91. The molecule has 5 rings (SSSR count). The molecule has 0 spiro atoms. The van der Waals surface area contributed by atoms with Gasteiger partial charge >= 0.3 is 5.69 Å². The highest BCUT2D eigenvalue weighted by atomic mass is 16.6. The number of benzene rings is 2. The molecule has 3 aliphatic rings. The number of fused-ring (bicyclic) bond motifs is 5. The topological polar surface area (TPSA) is 126 Å². The van der Waals surface area contributed by atoms with Crippen molar-refractivity contribution in [2.45, 2.75) is 13.0 Å². The number of hydrogen-bond donors (Lipinski definition) is 0. The molecule has 2 aromatic carbocycles. The van der Waals surface area contributed by atoms with Gasteiger partial charge in [-0.15, -0.1) is 0 Å². The molecule has 1 saturated carbocycles. The molecule has 1 heterocycles. The summed E-state index contributed by atoms with van der Waals surface area (Å²) in [5.41, 5.74) is 1.11. The molecular formula is C24H18N4O5. The number of amides is 2. The molecule has 0 aromatic heterocycles. The van der Waals surface area contributed by atoms with Crippen LogP contribution in [0.4, 0.5) is 5.69 Å². The van der Waals surface area contributed by atoms with E-state index in [1.54, 1.807) is 30.3 Å². The zero-order chi connectivity index (χ0) is 23.1. The third kappa shape index (κ3) is 3.46. The smallest absolute Gasteiger partial charge is 0.311 e. The number of ether oxygens (including phenoxy) is 1. The second kappa shape index (κ2) is 7.98. The number of carbonyl (C=O) groups is 2. The lowest BCUT2D eigenvalue weighted by Gasteiger charge is -2.13. The highest BCUT2D eigenvalue weighted by Gasteiger charge is 2.59. The average molecular weight is 442 g/mol. The quantitative estimate of drug-likeness (QED) is 0.222. The van der Waals surface area contributed by atoms with Gasteiger partial charge in [-0.05, 0) is 36.5 Å². The van der Waals surface area contributed by atoms with Crippen LogP contribution in [0.25, 0.3) is 0 Å². The number of hydrazone groups is 1. The fraction of sp³-hybridized carbons (Fsp3) is 0.250. The van der Waals surface area contributed by atoms with Crippen molar-refractivity contribution in [1.29, 1.82) is 5.26 Å². The van der Waals surface area contributed by atoms with E-state index < -0.39 is 4.92 Å². The largest absolute Gasteiger partial charge is 0.482 e. The second-order valence-corrected chi connectivity index (χ2v) is 8.27. The number of nitro groups is 1. The maximum atomic E-state index is 12.7. The Morgan fingerprint density at radius 1 is 1.15 bits per heavy atom. The van der Waals surface area contributed by atoms with Gasteiger partial charge < -0.3 is 4.74 Å². The second-order valence-electron chi connectivity index (χ2n) is 8.27. The van der Waals surface area contributed by atoms with Crippen molar-refractivity contribution in [3.63, 3.8) is 0 Å². The summed E-state index contributed by atoms with van der Waals surface area (Å²) < 4.78 is 5.61. The van der Waals surface area contributed by atoms with E-state index in [0.717, 1.165) is 11.4 Å². The molecule has 0 radical (unpaired) electrons. The van der Waals surface area contributed by atoms with Gasteiger partial charge in [0.2, 0.25) is 0 Å². The van der Waals surface area contributed by atoms with Crippen molar-refractivity contribution in [1.82, 2.24) is 5.01 Å². The zero-order valence-electron chi connectivity index (χ0n) is 17.3. The Kier molecular flexibility index (Phi) is 4.98. The lowest BCUT2D eigenvalue weighted by Crippen LogP contribution is -2.28. The molecule has 9 nitrogen and oxygen atoms in total. The number of nitro benzene ring substituents is 1. The molecule has 0 N–H and O–H groups in total. The third-order valence-electron chi connectivity index (χ3n) is 6.47. The SMILES string of the molecule is N#Cc1ccccc1COc1ccc(C=NN2C(=O)C3C4C=CC(C4)C3C2=O)cc1[N+](=O)[O-]. The standard InChI is InChI=1S/C24H18N4O5/c25-11-17-3-1-2-4-18(17)13-33-20-8-5-14(9-19(20)28(31)32)12-26-27-23(29)21-15-6-7-16(10-15)22(21)24(27)30/h1-9,12,15-16,21-22H,10,13H2. The van der Waals surface area contributed by atoms with Crippen molar-refractivity contribution in [3.05, 3.63) is 81.4 Å². The summed E-state index contributed by atoms with van der Waals surface area (Å²) in [6.45, 7) is -0.00602. The first-order chi connectivity index (χ1) is 16.0. The molecule has 2 amide bonds. The molecule has 164 valence electrons. The molecule has 1 aliphatic heterocycles. The van der Waals surface area contributed by atoms with Crippen LogP contribution in [0.15, 0.2) is 59.7 Å². The van der Waals surface area contributed by atoms with Crippen LogP contribution in [0.1, 0.15) is 23.1 Å². The van der Waals surface area contributed by atoms with Crippen LogP contribution in [0.5, 0.6) is 5.75 Å². The van der Waals surface area contributed by atoms with Crippen LogP contribution < -0.4 is 4.74 Å². The van der Waals surface area contributed by atoms with E-state index in [-0.39, 0.29) is 53.5 Å². The highest BCUT2D eigenvalue weighted by Crippen LogP contribution is 2.52. The third-order valence-corrected chi connectivity index (χ3v) is 6.47. The minimum absolute atomic E-state index is 0.00602. The number of carbonyl (C=O) groups excluding carboxylic acids is 2. The van der Waals surface area contributed by atoms with Gasteiger partial charge in [0.05, 0.1) is 34.6 Å². The van der Waals surface area contributed by atoms with Crippen LogP contribution >= 0.6 is 0 Å². The maximum Gasteiger partial charge on any atom is 0.311 e. The van der Waals surface area contributed by atoms with Crippen molar-refractivity contribution in [2.24, 2.45) is 28.8 Å².